The number of carbonyl (C=O) groups excluding carboxylic acids is 1. The van der Waals surface area contributed by atoms with Gasteiger partial charge in [0.05, 0.1) is 6.54 Å². The SMILES string of the molecule is CCN(CC)C(=O)CN(C)Cc1c(Cl)cccc1Cl. The minimum Gasteiger partial charge on any atom is -0.342 e. The topological polar surface area (TPSA) is 23.6 Å². The molecule has 0 unspecified atom stereocenters. The largest absolute Gasteiger partial charge is 0.342 e. The average molecular weight is 303 g/mol. The van der Waals surface area contributed by atoms with Crippen molar-refractivity contribution in [1.82, 2.24) is 9.80 Å². The van der Waals surface area contributed by atoms with E-state index in [4.69, 9.17) is 23.2 Å². The molecule has 0 fully saturated rings. The van der Waals surface area contributed by atoms with Crippen molar-refractivity contribution < 1.29 is 4.79 Å². The van der Waals surface area contributed by atoms with E-state index in [9.17, 15) is 4.79 Å². The molecule has 1 aromatic carbocycles. The fourth-order valence-electron chi connectivity index (χ4n) is 1.92. The predicted molar refractivity (Wildman–Crippen MR) is 80.7 cm³/mol. The van der Waals surface area contributed by atoms with E-state index in [1.54, 1.807) is 0 Å². The molecule has 0 aliphatic heterocycles. The average Bonchev–Trinajstić information content (AvgIpc) is 2.35. The van der Waals surface area contributed by atoms with Gasteiger partial charge >= 0.3 is 0 Å². The van der Waals surface area contributed by atoms with E-state index in [0.29, 0.717) is 23.1 Å². The molecule has 106 valence electrons. The molecule has 0 spiro atoms. The summed E-state index contributed by atoms with van der Waals surface area (Å²) in [5, 5.41) is 1.27. The van der Waals surface area contributed by atoms with Crippen molar-refractivity contribution in [1.29, 1.82) is 0 Å². The molecule has 1 amide bonds. The lowest BCUT2D eigenvalue weighted by Crippen LogP contribution is -2.38. The van der Waals surface area contributed by atoms with Gasteiger partial charge in [-0.15, -0.1) is 0 Å². The predicted octanol–water partition coefficient (Wildman–Crippen LogP) is 3.29. The van der Waals surface area contributed by atoms with Crippen molar-refractivity contribution in [2.45, 2.75) is 20.4 Å². The maximum Gasteiger partial charge on any atom is 0.236 e. The van der Waals surface area contributed by atoms with Crippen molar-refractivity contribution in [3.8, 4) is 0 Å². The van der Waals surface area contributed by atoms with Crippen LogP contribution in [0.25, 0.3) is 0 Å². The van der Waals surface area contributed by atoms with E-state index in [2.05, 4.69) is 0 Å². The first-order valence-electron chi connectivity index (χ1n) is 6.38. The van der Waals surface area contributed by atoms with Crippen molar-refractivity contribution in [3.63, 3.8) is 0 Å². The summed E-state index contributed by atoms with van der Waals surface area (Å²) in [4.78, 5) is 15.7. The fraction of sp³-hybridized carbons (Fsp3) is 0.500. The van der Waals surface area contributed by atoms with Crippen LogP contribution in [0.15, 0.2) is 18.2 Å². The minimum absolute atomic E-state index is 0.121. The summed E-state index contributed by atoms with van der Waals surface area (Å²) in [6, 6.07) is 5.43. The number of hydrogen-bond acceptors (Lipinski definition) is 2. The lowest BCUT2D eigenvalue weighted by Gasteiger charge is -2.23. The number of benzene rings is 1. The summed E-state index contributed by atoms with van der Waals surface area (Å²) < 4.78 is 0. The third kappa shape index (κ3) is 4.68. The summed E-state index contributed by atoms with van der Waals surface area (Å²) in [5.74, 6) is 0.121. The summed E-state index contributed by atoms with van der Waals surface area (Å²) in [6.45, 7) is 6.35. The summed E-state index contributed by atoms with van der Waals surface area (Å²) >= 11 is 12.2. The second kappa shape index (κ2) is 7.73. The van der Waals surface area contributed by atoms with Gasteiger partial charge in [-0.2, -0.15) is 0 Å². The molecule has 0 saturated heterocycles. The van der Waals surface area contributed by atoms with Gasteiger partial charge in [0, 0.05) is 35.2 Å². The molecule has 0 radical (unpaired) electrons. The van der Waals surface area contributed by atoms with Crippen LogP contribution < -0.4 is 0 Å². The van der Waals surface area contributed by atoms with E-state index in [-0.39, 0.29) is 5.91 Å². The summed E-state index contributed by atoms with van der Waals surface area (Å²) in [6.07, 6.45) is 0. The van der Waals surface area contributed by atoms with Crippen LogP contribution in [0.5, 0.6) is 0 Å². The maximum absolute atomic E-state index is 12.0. The third-order valence-electron chi connectivity index (χ3n) is 3.01. The fourth-order valence-corrected chi connectivity index (χ4v) is 2.43. The Kier molecular flexibility index (Phi) is 6.63. The molecule has 0 atom stereocenters. The van der Waals surface area contributed by atoms with E-state index in [0.717, 1.165) is 18.7 Å². The van der Waals surface area contributed by atoms with Crippen LogP contribution in [0.2, 0.25) is 10.0 Å². The maximum atomic E-state index is 12.0. The van der Waals surface area contributed by atoms with Gasteiger partial charge in [-0.3, -0.25) is 9.69 Å². The molecular weight excluding hydrogens is 283 g/mol. The quantitative estimate of drug-likeness (QED) is 0.805. The van der Waals surface area contributed by atoms with Crippen LogP contribution in [-0.4, -0.2) is 42.4 Å². The number of hydrogen-bond donors (Lipinski definition) is 0. The molecule has 0 heterocycles. The van der Waals surface area contributed by atoms with Gasteiger partial charge in [-0.1, -0.05) is 29.3 Å². The second-order valence-corrected chi connectivity index (χ2v) is 5.25. The lowest BCUT2D eigenvalue weighted by molar-refractivity contribution is -0.131. The Bertz CT molecular complexity index is 413. The van der Waals surface area contributed by atoms with Crippen molar-refractivity contribution in [2.75, 3.05) is 26.7 Å². The second-order valence-electron chi connectivity index (χ2n) is 4.44. The molecular formula is C14H20Cl2N2O. The number of amides is 1. The number of rotatable bonds is 6. The highest BCUT2D eigenvalue weighted by Gasteiger charge is 2.14. The van der Waals surface area contributed by atoms with Gasteiger partial charge in [-0.25, -0.2) is 0 Å². The van der Waals surface area contributed by atoms with Gasteiger partial charge < -0.3 is 4.90 Å². The normalized spacial score (nSPS) is 10.8. The van der Waals surface area contributed by atoms with Gasteiger partial charge in [0.2, 0.25) is 5.91 Å². The van der Waals surface area contributed by atoms with Gasteiger partial charge in [0.15, 0.2) is 0 Å². The first kappa shape index (κ1) is 16.3. The highest BCUT2D eigenvalue weighted by Crippen LogP contribution is 2.25. The summed E-state index contributed by atoms with van der Waals surface area (Å²) in [7, 11) is 1.89. The molecule has 1 rings (SSSR count). The van der Waals surface area contributed by atoms with Crippen molar-refractivity contribution in [2.24, 2.45) is 0 Å². The molecule has 0 N–H and O–H groups in total. The molecule has 3 nitrogen and oxygen atoms in total. The number of carbonyl (C=O) groups is 1. The lowest BCUT2D eigenvalue weighted by atomic mass is 10.2. The van der Waals surface area contributed by atoms with Crippen LogP contribution in [0.4, 0.5) is 0 Å². The van der Waals surface area contributed by atoms with Crippen molar-refractivity contribution >= 4 is 29.1 Å². The van der Waals surface area contributed by atoms with E-state index < -0.39 is 0 Å². The van der Waals surface area contributed by atoms with Crippen LogP contribution in [0, 0.1) is 0 Å². The van der Waals surface area contributed by atoms with Crippen LogP contribution in [-0.2, 0) is 11.3 Å². The Morgan fingerprint density at radius 1 is 1.16 bits per heavy atom. The zero-order valence-corrected chi connectivity index (χ0v) is 13.1. The molecule has 19 heavy (non-hydrogen) atoms. The van der Waals surface area contributed by atoms with E-state index >= 15 is 0 Å². The Balaban J connectivity index is 2.65. The Morgan fingerprint density at radius 3 is 2.16 bits per heavy atom. The molecule has 0 aliphatic rings. The molecule has 0 aromatic heterocycles. The zero-order chi connectivity index (χ0) is 14.4. The van der Waals surface area contributed by atoms with Gasteiger partial charge in [0.1, 0.15) is 0 Å². The first-order valence-corrected chi connectivity index (χ1v) is 7.14. The van der Waals surface area contributed by atoms with E-state index in [1.807, 2.05) is 48.9 Å². The van der Waals surface area contributed by atoms with Crippen LogP contribution in [0.1, 0.15) is 19.4 Å². The van der Waals surface area contributed by atoms with Crippen LogP contribution in [0.3, 0.4) is 0 Å². The molecule has 0 bridgehead atoms. The monoisotopic (exact) mass is 302 g/mol. The molecule has 5 heteroatoms. The number of halogens is 2. The minimum atomic E-state index is 0.121. The Morgan fingerprint density at radius 2 is 1.68 bits per heavy atom. The highest BCUT2D eigenvalue weighted by atomic mass is 35.5. The third-order valence-corrected chi connectivity index (χ3v) is 3.72. The Hall–Kier alpha value is -0.770. The van der Waals surface area contributed by atoms with Crippen molar-refractivity contribution in [3.05, 3.63) is 33.8 Å². The number of nitrogens with zero attached hydrogens (tertiary/aromatic N) is 2. The summed E-state index contributed by atoms with van der Waals surface area (Å²) in [5.41, 5.74) is 0.862. The molecule has 1 aromatic rings. The van der Waals surface area contributed by atoms with Gasteiger partial charge in [0.25, 0.3) is 0 Å². The van der Waals surface area contributed by atoms with E-state index in [1.165, 1.54) is 0 Å². The molecule has 0 aliphatic carbocycles. The van der Waals surface area contributed by atoms with Crippen LogP contribution >= 0.6 is 23.2 Å². The standard InChI is InChI=1S/C14H20Cl2N2O/c1-4-18(5-2)14(19)10-17(3)9-11-12(15)7-6-8-13(11)16/h6-8H,4-5,9-10H2,1-3H3. The Labute approximate surface area is 125 Å². The first-order chi connectivity index (χ1) is 8.99. The zero-order valence-electron chi connectivity index (χ0n) is 11.6. The smallest absolute Gasteiger partial charge is 0.236 e. The number of likely N-dealkylation sites (N-methyl/N-ethyl adjacent to an activating group) is 2. The molecule has 0 saturated carbocycles. The van der Waals surface area contributed by atoms with Gasteiger partial charge in [-0.05, 0) is 33.0 Å². The highest BCUT2D eigenvalue weighted by molar-refractivity contribution is 6.35.